The molecule has 4 nitrogen and oxygen atoms in total. The first-order valence-electron chi connectivity index (χ1n) is 10.9. The van der Waals surface area contributed by atoms with E-state index in [9.17, 15) is 0 Å². The topological polar surface area (TPSA) is 32.3 Å². The molecule has 6 rings (SSSR count). The van der Waals surface area contributed by atoms with Gasteiger partial charge in [0.25, 0.3) is 0 Å². The number of aromatic nitrogens is 2. The van der Waals surface area contributed by atoms with Crippen LogP contribution in [0, 0.1) is 0 Å². The molecule has 0 amide bonds. The van der Waals surface area contributed by atoms with Crippen LogP contribution < -0.4 is 9.62 Å². The van der Waals surface area contributed by atoms with Crippen LogP contribution in [0.25, 0.3) is 22.3 Å². The molecule has 3 heterocycles. The maximum absolute atomic E-state index is 4.77. The fourth-order valence-corrected chi connectivity index (χ4v) is 4.14. The number of hydrogen-bond acceptors (Lipinski definition) is 4. The molecule has 155 valence electrons. The SMILES string of the molecule is [B]1N(c2ccc(-c3ccccc3)cn2)c2ccccc2N1c1ccc(-c2ccccc2)cn1. The second kappa shape index (κ2) is 8.28. The molecule has 0 bridgehead atoms. The predicted molar refractivity (Wildman–Crippen MR) is 136 cm³/mol. The highest BCUT2D eigenvalue weighted by atomic mass is 15.3. The number of rotatable bonds is 4. The Morgan fingerprint density at radius 2 is 0.848 bits per heavy atom. The van der Waals surface area contributed by atoms with Gasteiger partial charge in [-0.1, -0.05) is 72.8 Å². The van der Waals surface area contributed by atoms with E-state index in [2.05, 4.69) is 77.8 Å². The highest BCUT2D eigenvalue weighted by Crippen LogP contribution is 2.42. The Morgan fingerprint density at radius 1 is 0.424 bits per heavy atom. The van der Waals surface area contributed by atoms with Crippen LogP contribution in [0.15, 0.2) is 122 Å². The van der Waals surface area contributed by atoms with E-state index in [-0.39, 0.29) is 0 Å². The minimum atomic E-state index is 0.866. The van der Waals surface area contributed by atoms with Gasteiger partial charge in [-0.2, -0.15) is 0 Å². The minimum absolute atomic E-state index is 0.866. The summed E-state index contributed by atoms with van der Waals surface area (Å²) in [5.74, 6) is 1.73. The van der Waals surface area contributed by atoms with Gasteiger partial charge in [0, 0.05) is 23.5 Å². The molecular weight excluding hydrogens is 403 g/mol. The van der Waals surface area contributed by atoms with E-state index in [1.54, 1.807) is 0 Å². The molecule has 0 saturated carbocycles. The summed E-state index contributed by atoms with van der Waals surface area (Å²) in [7, 11) is 2.06. The summed E-state index contributed by atoms with van der Waals surface area (Å²) in [6.45, 7) is 0. The number of pyridine rings is 2. The molecule has 0 spiro atoms. The molecular formula is C28H20BN4. The van der Waals surface area contributed by atoms with Crippen molar-refractivity contribution in [2.45, 2.75) is 0 Å². The zero-order chi connectivity index (χ0) is 22.0. The Hall–Kier alpha value is -4.38. The maximum Gasteiger partial charge on any atom is 0.403 e. The molecule has 1 aliphatic rings. The summed E-state index contributed by atoms with van der Waals surface area (Å²) in [5.41, 5.74) is 6.67. The Labute approximate surface area is 194 Å². The molecule has 0 saturated heterocycles. The summed E-state index contributed by atoms with van der Waals surface area (Å²) in [5, 5.41) is 0. The zero-order valence-corrected chi connectivity index (χ0v) is 17.9. The van der Waals surface area contributed by atoms with E-state index in [0.717, 1.165) is 45.3 Å². The standard InChI is InChI=1S/C28H20BN4/c1-3-9-21(10-4-1)23-15-17-27(30-19-23)32-25-13-7-8-14-26(25)33(29-32)28-18-16-24(20-31-28)22-11-5-2-6-12-22/h1-20H. The molecule has 2 aromatic heterocycles. The molecule has 5 aromatic rings. The third-order valence-corrected chi connectivity index (χ3v) is 5.84. The van der Waals surface area contributed by atoms with Crippen molar-refractivity contribution in [1.29, 1.82) is 0 Å². The van der Waals surface area contributed by atoms with Crippen molar-refractivity contribution in [2.75, 3.05) is 9.62 Å². The highest BCUT2D eigenvalue weighted by molar-refractivity contribution is 6.54. The fraction of sp³-hybridized carbons (Fsp3) is 0. The predicted octanol–water partition coefficient (Wildman–Crippen LogP) is 6.63. The van der Waals surface area contributed by atoms with Gasteiger partial charge < -0.3 is 9.62 Å². The largest absolute Gasteiger partial charge is 0.403 e. The summed E-state index contributed by atoms with van der Waals surface area (Å²) in [6.07, 6.45) is 3.85. The van der Waals surface area contributed by atoms with Gasteiger partial charge in [-0.25, -0.2) is 9.97 Å². The van der Waals surface area contributed by atoms with E-state index < -0.39 is 0 Å². The van der Waals surface area contributed by atoms with Crippen molar-refractivity contribution >= 4 is 30.6 Å². The molecule has 33 heavy (non-hydrogen) atoms. The van der Waals surface area contributed by atoms with Crippen molar-refractivity contribution in [1.82, 2.24) is 9.97 Å². The molecule has 5 heteroatoms. The monoisotopic (exact) mass is 423 g/mol. The molecule has 0 atom stereocenters. The lowest BCUT2D eigenvalue weighted by Crippen LogP contribution is -2.29. The van der Waals surface area contributed by atoms with E-state index in [0.29, 0.717) is 0 Å². The Morgan fingerprint density at radius 3 is 1.24 bits per heavy atom. The Balaban J connectivity index is 1.31. The maximum atomic E-state index is 4.77. The molecule has 0 N–H and O–H groups in total. The van der Waals surface area contributed by atoms with Gasteiger partial charge in [0.2, 0.25) is 0 Å². The molecule has 1 aliphatic heterocycles. The lowest BCUT2D eigenvalue weighted by Gasteiger charge is -2.19. The van der Waals surface area contributed by atoms with Crippen molar-refractivity contribution in [2.24, 2.45) is 0 Å². The van der Waals surface area contributed by atoms with Crippen molar-refractivity contribution in [3.63, 3.8) is 0 Å². The highest BCUT2D eigenvalue weighted by Gasteiger charge is 2.31. The zero-order valence-electron chi connectivity index (χ0n) is 17.9. The number of nitrogens with zero attached hydrogens (tertiary/aromatic N) is 4. The van der Waals surface area contributed by atoms with Gasteiger partial charge in [0.15, 0.2) is 0 Å². The first kappa shape index (κ1) is 19.3. The number of anilines is 4. The summed E-state index contributed by atoms with van der Waals surface area (Å²) >= 11 is 0. The molecule has 0 unspecified atom stereocenters. The van der Waals surface area contributed by atoms with Crippen LogP contribution in [-0.2, 0) is 0 Å². The van der Waals surface area contributed by atoms with Crippen LogP contribution in [0.5, 0.6) is 0 Å². The van der Waals surface area contributed by atoms with Gasteiger partial charge in [-0.3, -0.25) is 0 Å². The molecule has 3 aromatic carbocycles. The molecule has 1 radical (unpaired) electrons. The van der Waals surface area contributed by atoms with E-state index >= 15 is 0 Å². The number of benzene rings is 3. The van der Waals surface area contributed by atoms with Crippen LogP contribution in [0.2, 0.25) is 0 Å². The number of hydrogen-bond donors (Lipinski definition) is 0. The average Bonchev–Trinajstić information content (AvgIpc) is 3.30. The van der Waals surface area contributed by atoms with Crippen LogP contribution in [-0.4, -0.2) is 17.5 Å². The third kappa shape index (κ3) is 3.64. The fourth-order valence-electron chi connectivity index (χ4n) is 4.14. The lowest BCUT2D eigenvalue weighted by atomic mass is 10.0. The normalized spacial score (nSPS) is 12.4. The minimum Gasteiger partial charge on any atom is -0.351 e. The Kier molecular flexibility index (Phi) is 4.85. The molecule has 0 fully saturated rings. The number of fused-ring (bicyclic) bond motifs is 1. The Bertz CT molecular complexity index is 1260. The van der Waals surface area contributed by atoms with Crippen LogP contribution in [0.1, 0.15) is 0 Å². The third-order valence-electron chi connectivity index (χ3n) is 5.84. The average molecular weight is 423 g/mol. The second-order valence-corrected chi connectivity index (χ2v) is 7.89. The summed E-state index contributed by atoms with van der Waals surface area (Å²) in [4.78, 5) is 13.7. The van der Waals surface area contributed by atoms with Crippen molar-refractivity contribution in [3.05, 3.63) is 122 Å². The first-order valence-corrected chi connectivity index (χ1v) is 10.9. The van der Waals surface area contributed by atoms with Gasteiger partial charge in [0.1, 0.15) is 11.6 Å². The van der Waals surface area contributed by atoms with E-state index in [4.69, 9.17) is 9.97 Å². The van der Waals surface area contributed by atoms with Gasteiger partial charge in [-0.15, -0.1) is 0 Å². The first-order chi connectivity index (χ1) is 16.4. The number of para-hydroxylation sites is 2. The summed E-state index contributed by atoms with van der Waals surface area (Å²) in [6, 6.07) is 37.3. The van der Waals surface area contributed by atoms with Gasteiger partial charge in [-0.05, 0) is 47.5 Å². The summed E-state index contributed by atoms with van der Waals surface area (Å²) < 4.78 is 0. The molecule has 0 aliphatic carbocycles. The van der Waals surface area contributed by atoms with Crippen molar-refractivity contribution < 1.29 is 0 Å². The quantitative estimate of drug-likeness (QED) is 0.304. The second-order valence-electron chi connectivity index (χ2n) is 7.89. The van der Waals surface area contributed by atoms with E-state index in [1.807, 2.05) is 60.9 Å². The lowest BCUT2D eigenvalue weighted by molar-refractivity contribution is 1.24. The van der Waals surface area contributed by atoms with E-state index in [1.165, 1.54) is 0 Å². The van der Waals surface area contributed by atoms with Crippen LogP contribution in [0.4, 0.5) is 23.0 Å². The van der Waals surface area contributed by atoms with Crippen LogP contribution >= 0.6 is 0 Å². The van der Waals surface area contributed by atoms with Gasteiger partial charge >= 0.3 is 7.55 Å². The van der Waals surface area contributed by atoms with Gasteiger partial charge in [0.05, 0.1) is 11.4 Å². The smallest absolute Gasteiger partial charge is 0.351 e. The van der Waals surface area contributed by atoms with Crippen molar-refractivity contribution in [3.8, 4) is 22.3 Å². The van der Waals surface area contributed by atoms with Crippen LogP contribution in [0.3, 0.4) is 0 Å².